The summed E-state index contributed by atoms with van der Waals surface area (Å²) in [5.74, 6) is -1.82. The van der Waals surface area contributed by atoms with Gasteiger partial charge >= 0.3 is 0 Å². The molecule has 192 valence electrons. The smallest absolute Gasteiger partial charge is 0.269 e. The van der Waals surface area contributed by atoms with Crippen molar-refractivity contribution in [3.63, 3.8) is 0 Å². The fourth-order valence-corrected chi connectivity index (χ4v) is 6.44. The van der Waals surface area contributed by atoms with Crippen LogP contribution in [0.2, 0.25) is 0 Å². The summed E-state index contributed by atoms with van der Waals surface area (Å²) >= 11 is 0. The first kappa shape index (κ1) is 25.8. The maximum atomic E-state index is 13.4. The van der Waals surface area contributed by atoms with Gasteiger partial charge in [0.1, 0.15) is 16.8 Å². The van der Waals surface area contributed by atoms with Crippen LogP contribution in [0.5, 0.6) is 0 Å². The van der Waals surface area contributed by atoms with Crippen LogP contribution in [0.25, 0.3) is 0 Å². The molecule has 0 saturated heterocycles. The molecule has 1 N–H and O–H groups in total. The first-order valence-electron chi connectivity index (χ1n) is 12.2. The summed E-state index contributed by atoms with van der Waals surface area (Å²) in [5, 5.41) is 3.04. The van der Waals surface area contributed by atoms with Gasteiger partial charge < -0.3 is 10.2 Å². The van der Waals surface area contributed by atoms with Gasteiger partial charge in [0.05, 0.1) is 5.56 Å². The van der Waals surface area contributed by atoms with Crippen molar-refractivity contribution in [1.82, 2.24) is 14.5 Å². The van der Waals surface area contributed by atoms with E-state index in [4.69, 9.17) is 0 Å². The molecule has 10 heteroatoms. The zero-order chi connectivity index (χ0) is 25.9. The maximum Gasteiger partial charge on any atom is 0.269 e. The van der Waals surface area contributed by atoms with E-state index < -0.39 is 33.7 Å². The number of benzene rings is 2. The van der Waals surface area contributed by atoms with Gasteiger partial charge in [0, 0.05) is 25.6 Å². The summed E-state index contributed by atoms with van der Waals surface area (Å²) in [7, 11) is -4.05. The molecule has 1 heterocycles. The second-order valence-corrected chi connectivity index (χ2v) is 11.0. The highest BCUT2D eigenvalue weighted by Gasteiger charge is 2.41. The molecule has 4 rings (SSSR count). The highest BCUT2D eigenvalue weighted by Crippen LogP contribution is 2.30. The molecule has 1 aliphatic heterocycles. The van der Waals surface area contributed by atoms with Crippen molar-refractivity contribution in [3.8, 4) is 0 Å². The molecular weight excluding hydrogens is 485 g/mol. The van der Waals surface area contributed by atoms with Gasteiger partial charge in [0.15, 0.2) is 0 Å². The monoisotopic (exact) mass is 515 g/mol. The lowest BCUT2D eigenvalue weighted by Gasteiger charge is -2.32. The number of sulfonamides is 1. The van der Waals surface area contributed by atoms with E-state index >= 15 is 0 Å². The van der Waals surface area contributed by atoms with E-state index in [1.807, 2.05) is 0 Å². The van der Waals surface area contributed by atoms with Crippen LogP contribution in [-0.4, -0.2) is 54.0 Å². The van der Waals surface area contributed by atoms with E-state index in [1.165, 1.54) is 35.2 Å². The molecule has 1 fully saturated rings. The van der Waals surface area contributed by atoms with E-state index in [0.29, 0.717) is 16.3 Å². The number of hydrogen-bond donors (Lipinski definition) is 1. The molecule has 2 aromatic rings. The highest BCUT2D eigenvalue weighted by molar-refractivity contribution is 7.90. The lowest BCUT2D eigenvalue weighted by molar-refractivity contribution is -0.141. The summed E-state index contributed by atoms with van der Waals surface area (Å²) in [4.78, 5) is 40.7. The summed E-state index contributed by atoms with van der Waals surface area (Å²) in [6.07, 6.45) is 3.93. The third-order valence-corrected chi connectivity index (χ3v) is 8.63. The normalized spacial score (nSPS) is 17.6. The number of nitrogens with zero attached hydrogens (tertiary/aromatic N) is 2. The summed E-state index contributed by atoms with van der Waals surface area (Å²) in [5.41, 5.74) is 0.713. The first-order chi connectivity index (χ1) is 17.2. The number of fused-ring (bicyclic) bond motifs is 1. The molecule has 1 saturated carbocycles. The predicted octanol–water partition coefficient (Wildman–Crippen LogP) is 3.23. The molecular formula is C26H30FN3O5S. The lowest BCUT2D eigenvalue weighted by Crippen LogP contribution is -2.51. The van der Waals surface area contributed by atoms with Crippen molar-refractivity contribution in [2.24, 2.45) is 0 Å². The number of amides is 3. The third-order valence-electron chi connectivity index (χ3n) is 6.79. The van der Waals surface area contributed by atoms with E-state index in [0.717, 1.165) is 25.7 Å². The van der Waals surface area contributed by atoms with Crippen LogP contribution in [-0.2, 0) is 26.2 Å². The van der Waals surface area contributed by atoms with Crippen LogP contribution in [0.15, 0.2) is 53.4 Å². The summed E-state index contributed by atoms with van der Waals surface area (Å²) in [6.45, 7) is 1.51. The Morgan fingerprint density at radius 2 is 1.78 bits per heavy atom. The van der Waals surface area contributed by atoms with Crippen LogP contribution < -0.4 is 5.32 Å². The van der Waals surface area contributed by atoms with Crippen LogP contribution in [0.3, 0.4) is 0 Å². The largest absolute Gasteiger partial charge is 0.352 e. The Bertz CT molecular complexity index is 1240. The van der Waals surface area contributed by atoms with Gasteiger partial charge in [-0.3, -0.25) is 14.4 Å². The quantitative estimate of drug-likeness (QED) is 0.552. The molecule has 8 nitrogen and oxygen atoms in total. The first-order valence-corrected chi connectivity index (χ1v) is 13.7. The molecule has 1 aliphatic carbocycles. The second-order valence-electron chi connectivity index (χ2n) is 9.19. The SMILES string of the molecule is CCC(C(=O)NC1CCCC1)N(Cc1ccc(F)cc1)C(=O)CCN1C(=O)c2ccccc2S1(=O)=O. The van der Waals surface area contributed by atoms with Gasteiger partial charge in [-0.2, -0.15) is 0 Å². The molecule has 1 unspecified atom stereocenters. The van der Waals surface area contributed by atoms with E-state index in [-0.39, 0.29) is 41.9 Å². The standard InChI is InChI=1S/C26H30FN3O5S/c1-2-22(25(32)28-20-7-3-4-8-20)29(17-18-11-13-19(27)14-12-18)24(31)15-16-30-26(33)21-9-5-6-10-23(21)36(30,34)35/h5-6,9-14,20,22H,2-4,7-8,15-17H2,1H3,(H,28,32). The minimum Gasteiger partial charge on any atom is -0.352 e. The number of carbonyl (C=O) groups is 3. The average Bonchev–Trinajstić information content (AvgIpc) is 3.43. The molecule has 1 atom stereocenters. The van der Waals surface area contributed by atoms with E-state index in [2.05, 4.69) is 5.32 Å². The van der Waals surface area contributed by atoms with Crippen molar-refractivity contribution in [2.75, 3.05) is 6.54 Å². The fraction of sp³-hybridized carbons (Fsp3) is 0.423. The second kappa shape index (κ2) is 10.8. The number of carbonyl (C=O) groups excluding carboxylic acids is 3. The molecule has 0 radical (unpaired) electrons. The van der Waals surface area contributed by atoms with Crippen molar-refractivity contribution >= 4 is 27.7 Å². The Morgan fingerprint density at radius 1 is 1.11 bits per heavy atom. The van der Waals surface area contributed by atoms with Gasteiger partial charge in [-0.05, 0) is 49.1 Å². The van der Waals surface area contributed by atoms with Gasteiger partial charge in [-0.25, -0.2) is 17.1 Å². The van der Waals surface area contributed by atoms with Crippen LogP contribution in [0.1, 0.15) is 61.4 Å². The van der Waals surface area contributed by atoms with E-state index in [1.54, 1.807) is 25.1 Å². The van der Waals surface area contributed by atoms with Crippen molar-refractivity contribution < 1.29 is 27.2 Å². The van der Waals surface area contributed by atoms with Gasteiger partial charge in [-0.15, -0.1) is 0 Å². The van der Waals surface area contributed by atoms with E-state index in [9.17, 15) is 27.2 Å². The molecule has 2 aromatic carbocycles. The van der Waals surface area contributed by atoms with Gasteiger partial charge in [0.25, 0.3) is 15.9 Å². The zero-order valence-electron chi connectivity index (χ0n) is 20.2. The van der Waals surface area contributed by atoms with Gasteiger partial charge in [-0.1, -0.05) is 44.0 Å². The van der Waals surface area contributed by atoms with Gasteiger partial charge in [0.2, 0.25) is 11.8 Å². The molecule has 0 spiro atoms. The topological polar surface area (TPSA) is 104 Å². The Hall–Kier alpha value is -3.27. The molecule has 2 aliphatic rings. The Morgan fingerprint density at radius 3 is 2.42 bits per heavy atom. The Kier molecular flexibility index (Phi) is 7.73. The third kappa shape index (κ3) is 5.28. The minimum atomic E-state index is -4.05. The Balaban J connectivity index is 1.53. The molecule has 0 aromatic heterocycles. The lowest BCUT2D eigenvalue weighted by atomic mass is 10.1. The van der Waals surface area contributed by atoms with Crippen molar-refractivity contribution in [1.29, 1.82) is 0 Å². The number of nitrogens with one attached hydrogen (secondary N) is 1. The summed E-state index contributed by atoms with van der Waals surface area (Å²) in [6, 6.07) is 10.9. The molecule has 3 amide bonds. The molecule has 0 bridgehead atoms. The average molecular weight is 516 g/mol. The van der Waals surface area contributed by atoms with Crippen LogP contribution in [0.4, 0.5) is 4.39 Å². The zero-order valence-corrected chi connectivity index (χ0v) is 21.0. The highest BCUT2D eigenvalue weighted by atomic mass is 32.2. The van der Waals surface area contributed by atoms with Crippen molar-refractivity contribution in [3.05, 3.63) is 65.5 Å². The predicted molar refractivity (Wildman–Crippen MR) is 131 cm³/mol. The number of hydrogen-bond acceptors (Lipinski definition) is 5. The maximum absolute atomic E-state index is 13.4. The van der Waals surface area contributed by atoms with Crippen LogP contribution in [0, 0.1) is 5.82 Å². The number of halogens is 1. The van der Waals surface area contributed by atoms with Crippen LogP contribution >= 0.6 is 0 Å². The number of rotatable bonds is 9. The fourth-order valence-electron chi connectivity index (χ4n) is 4.87. The van der Waals surface area contributed by atoms with Crippen molar-refractivity contribution in [2.45, 2.75) is 69.0 Å². The Labute approximate surface area is 210 Å². The molecule has 36 heavy (non-hydrogen) atoms. The summed E-state index contributed by atoms with van der Waals surface area (Å²) < 4.78 is 39.9. The minimum absolute atomic E-state index is 0.0522.